The molecular weight excluding hydrogens is 206 g/mol. The van der Waals surface area contributed by atoms with Crippen molar-refractivity contribution in [3.8, 4) is 0 Å². The van der Waals surface area contributed by atoms with Crippen LogP contribution in [0, 0.1) is 0 Å². The SMILES string of the molecule is CCn1cc(CNC(=O)CCCOC)cn1. The number of ether oxygens (including phenoxy) is 1. The molecule has 5 heteroatoms. The van der Waals surface area contributed by atoms with E-state index in [0.717, 1.165) is 18.5 Å². The zero-order valence-electron chi connectivity index (χ0n) is 9.90. The summed E-state index contributed by atoms with van der Waals surface area (Å²) in [5, 5.41) is 6.98. The van der Waals surface area contributed by atoms with Crippen molar-refractivity contribution >= 4 is 5.91 Å². The molecule has 1 N–H and O–H groups in total. The van der Waals surface area contributed by atoms with Crippen molar-refractivity contribution in [2.24, 2.45) is 0 Å². The fraction of sp³-hybridized carbons (Fsp3) is 0.636. The van der Waals surface area contributed by atoms with E-state index in [1.165, 1.54) is 0 Å². The monoisotopic (exact) mass is 225 g/mol. The maximum atomic E-state index is 11.4. The van der Waals surface area contributed by atoms with Crippen molar-refractivity contribution in [2.45, 2.75) is 32.9 Å². The van der Waals surface area contributed by atoms with Crippen LogP contribution in [0.4, 0.5) is 0 Å². The quantitative estimate of drug-likeness (QED) is 0.703. The van der Waals surface area contributed by atoms with Gasteiger partial charge in [0.15, 0.2) is 0 Å². The van der Waals surface area contributed by atoms with Crippen molar-refractivity contribution in [2.75, 3.05) is 13.7 Å². The van der Waals surface area contributed by atoms with Gasteiger partial charge in [0.1, 0.15) is 0 Å². The Bertz CT molecular complexity index is 323. The lowest BCUT2D eigenvalue weighted by atomic mass is 10.3. The minimum Gasteiger partial charge on any atom is -0.385 e. The molecule has 90 valence electrons. The summed E-state index contributed by atoms with van der Waals surface area (Å²) in [5.74, 6) is 0.0568. The van der Waals surface area contributed by atoms with E-state index in [0.29, 0.717) is 19.6 Å². The second-order valence-electron chi connectivity index (χ2n) is 3.58. The van der Waals surface area contributed by atoms with Gasteiger partial charge < -0.3 is 10.1 Å². The maximum absolute atomic E-state index is 11.4. The zero-order chi connectivity index (χ0) is 11.8. The predicted molar refractivity (Wildman–Crippen MR) is 60.9 cm³/mol. The Kier molecular flexibility index (Phi) is 5.56. The van der Waals surface area contributed by atoms with Gasteiger partial charge in [0.2, 0.25) is 5.91 Å². The molecule has 0 fully saturated rings. The summed E-state index contributed by atoms with van der Waals surface area (Å²) in [6.07, 6.45) is 4.99. The first-order chi connectivity index (χ1) is 7.76. The first-order valence-corrected chi connectivity index (χ1v) is 5.53. The molecule has 1 aromatic rings. The number of hydrogen-bond acceptors (Lipinski definition) is 3. The molecule has 0 spiro atoms. The van der Waals surface area contributed by atoms with Gasteiger partial charge in [-0.1, -0.05) is 0 Å². The number of methoxy groups -OCH3 is 1. The van der Waals surface area contributed by atoms with Crippen molar-refractivity contribution in [1.29, 1.82) is 0 Å². The van der Waals surface area contributed by atoms with Crippen LogP contribution < -0.4 is 5.32 Å². The van der Waals surface area contributed by atoms with Gasteiger partial charge >= 0.3 is 0 Å². The highest BCUT2D eigenvalue weighted by atomic mass is 16.5. The number of nitrogens with zero attached hydrogens (tertiary/aromatic N) is 2. The van der Waals surface area contributed by atoms with Gasteiger partial charge in [-0.15, -0.1) is 0 Å². The standard InChI is InChI=1S/C11H19N3O2/c1-3-14-9-10(8-13-14)7-12-11(15)5-4-6-16-2/h8-9H,3-7H2,1-2H3,(H,12,15). The molecule has 0 unspecified atom stereocenters. The Morgan fingerprint density at radius 3 is 3.06 bits per heavy atom. The Morgan fingerprint density at radius 1 is 1.62 bits per heavy atom. The number of aromatic nitrogens is 2. The van der Waals surface area contributed by atoms with Crippen molar-refractivity contribution in [1.82, 2.24) is 15.1 Å². The van der Waals surface area contributed by atoms with E-state index >= 15 is 0 Å². The summed E-state index contributed by atoms with van der Waals surface area (Å²) < 4.78 is 6.72. The second kappa shape index (κ2) is 7.00. The van der Waals surface area contributed by atoms with E-state index in [-0.39, 0.29) is 5.91 Å². The molecule has 16 heavy (non-hydrogen) atoms. The molecule has 0 saturated heterocycles. The summed E-state index contributed by atoms with van der Waals surface area (Å²) in [5.41, 5.74) is 1.03. The normalized spacial score (nSPS) is 10.4. The number of amides is 1. The third-order valence-electron chi connectivity index (χ3n) is 2.25. The lowest BCUT2D eigenvalue weighted by molar-refractivity contribution is -0.121. The van der Waals surface area contributed by atoms with E-state index in [4.69, 9.17) is 4.74 Å². The summed E-state index contributed by atoms with van der Waals surface area (Å²) in [4.78, 5) is 11.4. The number of rotatable bonds is 7. The smallest absolute Gasteiger partial charge is 0.220 e. The number of carbonyl (C=O) groups is 1. The fourth-order valence-corrected chi connectivity index (χ4v) is 1.34. The molecule has 5 nitrogen and oxygen atoms in total. The Balaban J connectivity index is 2.20. The van der Waals surface area contributed by atoms with E-state index in [1.807, 2.05) is 17.8 Å². The molecule has 0 radical (unpaired) electrons. The fourth-order valence-electron chi connectivity index (χ4n) is 1.34. The van der Waals surface area contributed by atoms with Gasteiger partial charge in [-0.2, -0.15) is 5.10 Å². The van der Waals surface area contributed by atoms with Gasteiger partial charge in [-0.3, -0.25) is 9.48 Å². The highest BCUT2D eigenvalue weighted by molar-refractivity contribution is 5.75. The van der Waals surface area contributed by atoms with E-state index in [9.17, 15) is 4.79 Å². The van der Waals surface area contributed by atoms with Crippen LogP contribution in [-0.2, 0) is 22.6 Å². The van der Waals surface area contributed by atoms with Gasteiger partial charge in [-0.05, 0) is 13.3 Å². The number of nitrogens with one attached hydrogen (secondary N) is 1. The van der Waals surface area contributed by atoms with Crippen LogP contribution in [-0.4, -0.2) is 29.4 Å². The molecule has 0 aliphatic heterocycles. The molecule has 0 aromatic carbocycles. The summed E-state index contributed by atoms with van der Waals surface area (Å²) in [6.45, 7) is 4.05. The Hall–Kier alpha value is -1.36. The first kappa shape index (κ1) is 12.7. The van der Waals surface area contributed by atoms with Crippen LogP contribution in [0.15, 0.2) is 12.4 Å². The molecule has 1 amide bonds. The van der Waals surface area contributed by atoms with E-state index in [1.54, 1.807) is 13.3 Å². The Morgan fingerprint density at radius 2 is 2.44 bits per heavy atom. The Labute approximate surface area is 95.8 Å². The van der Waals surface area contributed by atoms with Crippen LogP contribution in [0.1, 0.15) is 25.3 Å². The molecule has 1 rings (SSSR count). The number of aryl methyl sites for hydroxylation is 1. The highest BCUT2D eigenvalue weighted by Gasteiger charge is 2.02. The maximum Gasteiger partial charge on any atom is 0.220 e. The average Bonchev–Trinajstić information content (AvgIpc) is 2.74. The minimum absolute atomic E-state index is 0.0568. The summed E-state index contributed by atoms with van der Waals surface area (Å²) in [7, 11) is 1.64. The first-order valence-electron chi connectivity index (χ1n) is 5.53. The number of carbonyl (C=O) groups excluding carboxylic acids is 1. The van der Waals surface area contributed by atoms with E-state index < -0.39 is 0 Å². The van der Waals surface area contributed by atoms with E-state index in [2.05, 4.69) is 10.4 Å². The highest BCUT2D eigenvalue weighted by Crippen LogP contribution is 1.97. The van der Waals surface area contributed by atoms with Gasteiger partial charge in [0.25, 0.3) is 0 Å². The lowest BCUT2D eigenvalue weighted by Crippen LogP contribution is -2.22. The molecule has 0 bridgehead atoms. The number of hydrogen-bond donors (Lipinski definition) is 1. The predicted octanol–water partition coefficient (Wildman–Crippen LogP) is 0.946. The van der Waals surface area contributed by atoms with Crippen LogP contribution in [0.25, 0.3) is 0 Å². The largest absolute Gasteiger partial charge is 0.385 e. The van der Waals surface area contributed by atoms with Crippen molar-refractivity contribution in [3.63, 3.8) is 0 Å². The third kappa shape index (κ3) is 4.44. The van der Waals surface area contributed by atoms with Gasteiger partial charge in [-0.25, -0.2) is 0 Å². The lowest BCUT2D eigenvalue weighted by Gasteiger charge is -2.02. The van der Waals surface area contributed by atoms with Gasteiger partial charge in [0, 0.05) is 45.0 Å². The second-order valence-corrected chi connectivity index (χ2v) is 3.58. The minimum atomic E-state index is 0.0568. The zero-order valence-corrected chi connectivity index (χ0v) is 9.90. The molecule has 1 heterocycles. The molecule has 0 atom stereocenters. The summed E-state index contributed by atoms with van der Waals surface area (Å²) >= 11 is 0. The van der Waals surface area contributed by atoms with Crippen molar-refractivity contribution in [3.05, 3.63) is 18.0 Å². The molecule has 0 aliphatic rings. The molecule has 1 aromatic heterocycles. The molecule has 0 saturated carbocycles. The van der Waals surface area contributed by atoms with Crippen LogP contribution in [0.3, 0.4) is 0 Å². The van der Waals surface area contributed by atoms with Crippen LogP contribution in [0.5, 0.6) is 0 Å². The third-order valence-corrected chi connectivity index (χ3v) is 2.25. The average molecular weight is 225 g/mol. The molecular formula is C11H19N3O2. The topological polar surface area (TPSA) is 56.2 Å². The van der Waals surface area contributed by atoms with Crippen LogP contribution >= 0.6 is 0 Å². The van der Waals surface area contributed by atoms with Crippen molar-refractivity contribution < 1.29 is 9.53 Å². The van der Waals surface area contributed by atoms with Crippen LogP contribution in [0.2, 0.25) is 0 Å². The summed E-state index contributed by atoms with van der Waals surface area (Å²) in [6, 6.07) is 0. The molecule has 0 aliphatic carbocycles. The van der Waals surface area contributed by atoms with Gasteiger partial charge in [0.05, 0.1) is 6.20 Å².